The lowest BCUT2D eigenvalue weighted by Crippen LogP contribution is -2.23. The van der Waals surface area contributed by atoms with Crippen LogP contribution >= 0.6 is 11.6 Å². The van der Waals surface area contributed by atoms with Gasteiger partial charge in [-0.3, -0.25) is 14.6 Å². The molecule has 0 aliphatic rings. The van der Waals surface area contributed by atoms with Crippen molar-refractivity contribution in [1.29, 1.82) is 0 Å². The first-order chi connectivity index (χ1) is 13.0. The smallest absolute Gasteiger partial charge is 0.274 e. The predicted molar refractivity (Wildman–Crippen MR) is 106 cm³/mol. The number of benzene rings is 2. The van der Waals surface area contributed by atoms with Crippen LogP contribution in [0.25, 0.3) is 0 Å². The van der Waals surface area contributed by atoms with Crippen LogP contribution in [-0.2, 0) is 6.54 Å². The molecule has 0 saturated carbocycles. The molecule has 0 aliphatic carbocycles. The van der Waals surface area contributed by atoms with Gasteiger partial charge in [0.25, 0.3) is 11.8 Å². The molecule has 6 heteroatoms. The molecule has 3 rings (SSSR count). The Labute approximate surface area is 162 Å². The van der Waals surface area contributed by atoms with Gasteiger partial charge in [0.2, 0.25) is 0 Å². The van der Waals surface area contributed by atoms with Crippen LogP contribution in [-0.4, -0.2) is 16.8 Å². The van der Waals surface area contributed by atoms with Gasteiger partial charge < -0.3 is 10.6 Å². The molecular weight excluding hydrogens is 362 g/mol. The lowest BCUT2D eigenvalue weighted by molar-refractivity contribution is 0.0951. The quantitative estimate of drug-likeness (QED) is 0.697. The highest BCUT2D eigenvalue weighted by Gasteiger charge is 2.12. The van der Waals surface area contributed by atoms with Crippen molar-refractivity contribution < 1.29 is 9.59 Å². The molecule has 27 heavy (non-hydrogen) atoms. The number of aromatic nitrogens is 1. The number of amides is 2. The predicted octanol–water partition coefficient (Wildman–Crippen LogP) is 4.23. The first kappa shape index (κ1) is 18.6. The van der Waals surface area contributed by atoms with Gasteiger partial charge in [0, 0.05) is 29.0 Å². The van der Waals surface area contributed by atoms with E-state index < -0.39 is 0 Å². The van der Waals surface area contributed by atoms with Gasteiger partial charge in [-0.2, -0.15) is 0 Å². The summed E-state index contributed by atoms with van der Waals surface area (Å²) in [5, 5.41) is 6.23. The summed E-state index contributed by atoms with van der Waals surface area (Å²) in [7, 11) is 0. The molecule has 0 saturated heterocycles. The minimum Gasteiger partial charge on any atom is -0.348 e. The highest BCUT2D eigenvalue weighted by molar-refractivity contribution is 6.30. The summed E-state index contributed by atoms with van der Waals surface area (Å²) in [6, 6.07) is 17.7. The van der Waals surface area contributed by atoms with Gasteiger partial charge in [0.1, 0.15) is 5.69 Å². The fraction of sp³-hybridized carbons (Fsp3) is 0.0952. The monoisotopic (exact) mass is 379 g/mol. The van der Waals surface area contributed by atoms with Crippen molar-refractivity contribution >= 4 is 29.1 Å². The summed E-state index contributed by atoms with van der Waals surface area (Å²) in [5.41, 5.74) is 3.25. The van der Waals surface area contributed by atoms with Crippen molar-refractivity contribution in [2.45, 2.75) is 13.5 Å². The molecule has 0 radical (unpaired) electrons. The Balaban J connectivity index is 1.65. The number of hydrogen-bond donors (Lipinski definition) is 2. The molecule has 136 valence electrons. The Hall–Kier alpha value is -3.18. The molecule has 2 amide bonds. The van der Waals surface area contributed by atoms with Gasteiger partial charge in [-0.1, -0.05) is 41.4 Å². The summed E-state index contributed by atoms with van der Waals surface area (Å²) < 4.78 is 0. The van der Waals surface area contributed by atoms with E-state index in [1.54, 1.807) is 18.2 Å². The molecule has 0 atom stereocenters. The molecule has 5 nitrogen and oxygen atoms in total. The van der Waals surface area contributed by atoms with Crippen molar-refractivity contribution in [1.82, 2.24) is 10.3 Å². The molecule has 3 aromatic rings. The van der Waals surface area contributed by atoms with Crippen LogP contribution < -0.4 is 10.6 Å². The van der Waals surface area contributed by atoms with Crippen LogP contribution in [0.15, 0.2) is 66.9 Å². The number of anilines is 1. The third-order valence-corrected chi connectivity index (χ3v) is 4.18. The maximum Gasteiger partial charge on any atom is 0.274 e. The standard InChI is InChI=1S/C21H18ClN3O2/c1-14-2-8-18(9-3-14)25-21(27)19-12-16(10-11-23-19)20(26)24-13-15-4-6-17(22)7-5-15/h2-12H,13H2,1H3,(H,24,26)(H,25,27). The number of halogens is 1. The molecule has 0 bridgehead atoms. The number of carbonyl (C=O) groups excluding carboxylic acids is 2. The van der Waals surface area contributed by atoms with E-state index in [-0.39, 0.29) is 17.5 Å². The number of rotatable bonds is 5. The Morgan fingerprint density at radius 1 is 0.963 bits per heavy atom. The molecule has 1 heterocycles. The fourth-order valence-electron chi connectivity index (χ4n) is 2.41. The van der Waals surface area contributed by atoms with Crippen LogP contribution in [0.4, 0.5) is 5.69 Å². The molecule has 0 aliphatic heterocycles. The van der Waals surface area contributed by atoms with Crippen LogP contribution in [0.1, 0.15) is 32.0 Å². The molecule has 0 unspecified atom stereocenters. The first-order valence-electron chi connectivity index (χ1n) is 8.38. The Kier molecular flexibility index (Phi) is 5.84. The SMILES string of the molecule is Cc1ccc(NC(=O)c2cc(C(=O)NCc3ccc(Cl)cc3)ccn2)cc1. The number of nitrogens with one attached hydrogen (secondary N) is 2. The van der Waals surface area contributed by atoms with Gasteiger partial charge in [0.15, 0.2) is 0 Å². The van der Waals surface area contributed by atoms with Gasteiger partial charge in [0.05, 0.1) is 0 Å². The third kappa shape index (κ3) is 5.15. The molecule has 0 spiro atoms. The highest BCUT2D eigenvalue weighted by Crippen LogP contribution is 2.12. The van der Waals surface area contributed by atoms with E-state index in [4.69, 9.17) is 11.6 Å². The van der Waals surface area contributed by atoms with Crippen molar-refractivity contribution in [2.75, 3.05) is 5.32 Å². The third-order valence-electron chi connectivity index (χ3n) is 3.93. The van der Waals surface area contributed by atoms with Crippen molar-refractivity contribution in [3.63, 3.8) is 0 Å². The second kappa shape index (κ2) is 8.47. The number of hydrogen-bond acceptors (Lipinski definition) is 3. The van der Waals surface area contributed by atoms with E-state index in [0.717, 1.165) is 11.1 Å². The number of carbonyl (C=O) groups is 2. The molecule has 2 aromatic carbocycles. The summed E-state index contributed by atoms with van der Waals surface area (Å²) in [6.45, 7) is 2.34. The Bertz CT molecular complexity index is 954. The topological polar surface area (TPSA) is 71.1 Å². The molecule has 2 N–H and O–H groups in total. The maximum atomic E-state index is 12.4. The zero-order chi connectivity index (χ0) is 19.2. The summed E-state index contributed by atoms with van der Waals surface area (Å²) >= 11 is 5.85. The second-order valence-corrected chi connectivity index (χ2v) is 6.50. The lowest BCUT2D eigenvalue weighted by atomic mass is 10.2. The zero-order valence-electron chi connectivity index (χ0n) is 14.7. The molecule has 1 aromatic heterocycles. The van der Waals surface area contributed by atoms with Gasteiger partial charge in [-0.05, 0) is 48.9 Å². The second-order valence-electron chi connectivity index (χ2n) is 6.06. The van der Waals surface area contributed by atoms with Crippen LogP contribution in [0.3, 0.4) is 0 Å². The van der Waals surface area contributed by atoms with Crippen molar-refractivity contribution in [2.24, 2.45) is 0 Å². The number of aryl methyl sites for hydroxylation is 1. The molecule has 0 fully saturated rings. The van der Waals surface area contributed by atoms with Gasteiger partial charge >= 0.3 is 0 Å². The maximum absolute atomic E-state index is 12.4. The summed E-state index contributed by atoms with van der Waals surface area (Å²) in [5.74, 6) is -0.650. The van der Waals surface area contributed by atoms with Crippen LogP contribution in [0, 0.1) is 6.92 Å². The van der Waals surface area contributed by atoms with E-state index in [1.165, 1.54) is 12.3 Å². The Morgan fingerprint density at radius 2 is 1.67 bits per heavy atom. The highest BCUT2D eigenvalue weighted by atomic mass is 35.5. The number of nitrogens with zero attached hydrogens (tertiary/aromatic N) is 1. The zero-order valence-corrected chi connectivity index (χ0v) is 15.5. The van der Waals surface area contributed by atoms with Crippen molar-refractivity contribution in [3.05, 3.63) is 94.3 Å². The van der Waals surface area contributed by atoms with E-state index in [9.17, 15) is 9.59 Å². The minimum absolute atomic E-state index is 0.176. The molecular formula is C21H18ClN3O2. The summed E-state index contributed by atoms with van der Waals surface area (Å²) in [6.07, 6.45) is 1.45. The van der Waals surface area contributed by atoms with Gasteiger partial charge in [-0.25, -0.2) is 0 Å². The first-order valence-corrected chi connectivity index (χ1v) is 8.76. The Morgan fingerprint density at radius 3 is 2.37 bits per heavy atom. The normalized spacial score (nSPS) is 10.3. The van der Waals surface area contributed by atoms with Gasteiger partial charge in [-0.15, -0.1) is 0 Å². The van der Waals surface area contributed by atoms with Crippen LogP contribution in [0.2, 0.25) is 5.02 Å². The van der Waals surface area contributed by atoms with E-state index in [2.05, 4.69) is 15.6 Å². The largest absolute Gasteiger partial charge is 0.348 e. The summed E-state index contributed by atoms with van der Waals surface area (Å²) in [4.78, 5) is 28.8. The number of pyridine rings is 1. The van der Waals surface area contributed by atoms with E-state index >= 15 is 0 Å². The lowest BCUT2D eigenvalue weighted by Gasteiger charge is -2.08. The van der Waals surface area contributed by atoms with Crippen LogP contribution in [0.5, 0.6) is 0 Å². The minimum atomic E-state index is -0.369. The average molecular weight is 380 g/mol. The van der Waals surface area contributed by atoms with E-state index in [1.807, 2.05) is 43.3 Å². The fourth-order valence-corrected chi connectivity index (χ4v) is 2.54. The van der Waals surface area contributed by atoms with Crippen molar-refractivity contribution in [3.8, 4) is 0 Å². The average Bonchev–Trinajstić information content (AvgIpc) is 2.69. The van der Waals surface area contributed by atoms with E-state index in [0.29, 0.717) is 22.8 Å².